The summed E-state index contributed by atoms with van der Waals surface area (Å²) in [5.74, 6) is -0.188. The highest BCUT2D eigenvalue weighted by Gasteiger charge is 2.39. The van der Waals surface area contributed by atoms with E-state index in [-0.39, 0.29) is 11.2 Å². The topological polar surface area (TPSA) is 54.5 Å². The third kappa shape index (κ3) is 2.89. The minimum Gasteiger partial charge on any atom is -0.278 e. The van der Waals surface area contributed by atoms with Crippen LogP contribution in [0.15, 0.2) is 60.8 Å². The van der Waals surface area contributed by atoms with Gasteiger partial charge in [0.1, 0.15) is 5.82 Å². The van der Waals surface area contributed by atoms with Gasteiger partial charge in [0.15, 0.2) is 0 Å². The summed E-state index contributed by atoms with van der Waals surface area (Å²) in [7, 11) is 0. The third-order valence-electron chi connectivity index (χ3n) is 5.74. The number of nitrogens with zero attached hydrogens (tertiary/aromatic N) is 3. The first kappa shape index (κ1) is 16.1. The molecule has 0 radical (unpaired) electrons. The molecule has 0 amide bonds. The summed E-state index contributed by atoms with van der Waals surface area (Å²) in [5, 5.41) is 17.0. The molecule has 134 valence electrons. The first-order chi connectivity index (χ1) is 13.2. The van der Waals surface area contributed by atoms with E-state index in [0.29, 0.717) is 0 Å². The molecular formula is C22H19FN4. The molecule has 1 saturated carbocycles. The van der Waals surface area contributed by atoms with E-state index in [4.69, 9.17) is 0 Å². The number of hydrogen-bond donors (Lipinski definition) is 1. The second-order valence-corrected chi connectivity index (χ2v) is 7.40. The fourth-order valence-corrected chi connectivity index (χ4v) is 4.03. The number of halogens is 1. The largest absolute Gasteiger partial charge is 0.278 e. The molecule has 2 heterocycles. The van der Waals surface area contributed by atoms with Crippen LogP contribution in [0.25, 0.3) is 22.2 Å². The van der Waals surface area contributed by atoms with Gasteiger partial charge in [0.25, 0.3) is 0 Å². The Hall–Kier alpha value is -3.08. The van der Waals surface area contributed by atoms with Crippen molar-refractivity contribution >= 4 is 10.9 Å². The van der Waals surface area contributed by atoms with E-state index in [0.717, 1.165) is 47.1 Å². The van der Waals surface area contributed by atoms with Gasteiger partial charge in [0.05, 0.1) is 23.1 Å². The Morgan fingerprint density at radius 1 is 0.963 bits per heavy atom. The van der Waals surface area contributed by atoms with Crippen molar-refractivity contribution in [3.63, 3.8) is 0 Å². The molecule has 4 nitrogen and oxygen atoms in total. The Labute approximate surface area is 156 Å². The van der Waals surface area contributed by atoms with Crippen LogP contribution in [0.4, 0.5) is 4.39 Å². The Balaban J connectivity index is 1.40. The Morgan fingerprint density at radius 2 is 1.81 bits per heavy atom. The first-order valence-electron chi connectivity index (χ1n) is 9.24. The molecule has 1 aliphatic rings. The minimum absolute atomic E-state index is 0.0690. The summed E-state index contributed by atoms with van der Waals surface area (Å²) in [6.07, 6.45) is 6.07. The minimum atomic E-state index is -0.188. The SMILES string of the molecule is Fc1ccc(C2(Cc3ccc(-c4ccc5[nH]ncc5c4)nn3)CCC2)cc1. The number of aromatic amines is 1. The molecule has 1 N–H and O–H groups in total. The molecule has 0 bridgehead atoms. The van der Waals surface area contributed by atoms with Gasteiger partial charge < -0.3 is 0 Å². The standard InChI is InChI=1S/C22H19FN4/c23-18-5-3-17(4-6-18)22(10-1-11-22)13-19-7-9-20(27-25-19)15-2-8-21-16(12-15)14-24-26-21/h2-9,12,14H,1,10-11,13H2,(H,24,26). The van der Waals surface area contributed by atoms with Gasteiger partial charge in [-0.05, 0) is 54.8 Å². The summed E-state index contributed by atoms with van der Waals surface area (Å²) in [5.41, 5.74) is 5.14. The van der Waals surface area contributed by atoms with Crippen LogP contribution in [-0.4, -0.2) is 20.4 Å². The van der Waals surface area contributed by atoms with Crippen LogP contribution in [0.2, 0.25) is 0 Å². The van der Waals surface area contributed by atoms with Crippen molar-refractivity contribution in [2.45, 2.75) is 31.1 Å². The van der Waals surface area contributed by atoms with Crippen molar-refractivity contribution < 1.29 is 4.39 Å². The maximum atomic E-state index is 13.3. The third-order valence-corrected chi connectivity index (χ3v) is 5.74. The van der Waals surface area contributed by atoms with E-state index in [1.807, 2.05) is 36.5 Å². The lowest BCUT2D eigenvalue weighted by Gasteiger charge is -2.42. The van der Waals surface area contributed by atoms with E-state index in [2.05, 4.69) is 32.5 Å². The summed E-state index contributed by atoms with van der Waals surface area (Å²) < 4.78 is 13.3. The molecule has 0 atom stereocenters. The Kier molecular flexibility index (Phi) is 3.74. The van der Waals surface area contributed by atoms with Gasteiger partial charge in [0, 0.05) is 22.8 Å². The van der Waals surface area contributed by atoms with Gasteiger partial charge >= 0.3 is 0 Å². The van der Waals surface area contributed by atoms with E-state index >= 15 is 0 Å². The maximum absolute atomic E-state index is 13.3. The molecule has 1 aliphatic carbocycles. The molecule has 0 spiro atoms. The summed E-state index contributed by atoms with van der Waals surface area (Å²) in [4.78, 5) is 0. The molecule has 0 aliphatic heterocycles. The van der Waals surface area contributed by atoms with Crippen LogP contribution in [0.5, 0.6) is 0 Å². The molecule has 0 unspecified atom stereocenters. The highest BCUT2D eigenvalue weighted by Crippen LogP contribution is 2.46. The Bertz CT molecular complexity index is 1080. The van der Waals surface area contributed by atoms with Crippen LogP contribution in [0.3, 0.4) is 0 Å². The van der Waals surface area contributed by atoms with Crippen molar-refractivity contribution in [1.29, 1.82) is 0 Å². The maximum Gasteiger partial charge on any atom is 0.123 e. The molecule has 2 aromatic carbocycles. The van der Waals surface area contributed by atoms with E-state index in [1.165, 1.54) is 12.0 Å². The fourth-order valence-electron chi connectivity index (χ4n) is 4.03. The quantitative estimate of drug-likeness (QED) is 0.569. The van der Waals surface area contributed by atoms with Crippen molar-refractivity contribution in [1.82, 2.24) is 20.4 Å². The smallest absolute Gasteiger partial charge is 0.123 e. The van der Waals surface area contributed by atoms with Crippen molar-refractivity contribution in [3.05, 3.63) is 77.9 Å². The van der Waals surface area contributed by atoms with E-state index in [9.17, 15) is 4.39 Å². The molecule has 2 aromatic heterocycles. The zero-order chi connectivity index (χ0) is 18.3. The van der Waals surface area contributed by atoms with Gasteiger partial charge in [0.2, 0.25) is 0 Å². The average molecular weight is 358 g/mol. The Morgan fingerprint density at radius 3 is 2.52 bits per heavy atom. The second-order valence-electron chi connectivity index (χ2n) is 7.40. The molecular weight excluding hydrogens is 339 g/mol. The summed E-state index contributed by atoms with van der Waals surface area (Å²) >= 11 is 0. The van der Waals surface area contributed by atoms with Crippen molar-refractivity contribution in [3.8, 4) is 11.3 Å². The highest BCUT2D eigenvalue weighted by molar-refractivity contribution is 5.83. The number of benzene rings is 2. The van der Waals surface area contributed by atoms with Crippen LogP contribution in [0, 0.1) is 5.82 Å². The van der Waals surface area contributed by atoms with Crippen LogP contribution in [-0.2, 0) is 11.8 Å². The van der Waals surface area contributed by atoms with Crippen molar-refractivity contribution in [2.75, 3.05) is 0 Å². The number of H-pyrrole nitrogens is 1. The molecule has 0 saturated heterocycles. The monoisotopic (exact) mass is 358 g/mol. The lowest BCUT2D eigenvalue weighted by Crippen LogP contribution is -2.36. The van der Waals surface area contributed by atoms with Crippen molar-refractivity contribution in [2.24, 2.45) is 0 Å². The van der Waals surface area contributed by atoms with Crippen LogP contribution >= 0.6 is 0 Å². The number of hydrogen-bond acceptors (Lipinski definition) is 3. The van der Waals surface area contributed by atoms with Crippen LogP contribution < -0.4 is 0 Å². The molecule has 4 aromatic rings. The lowest BCUT2D eigenvalue weighted by molar-refractivity contribution is 0.239. The van der Waals surface area contributed by atoms with Gasteiger partial charge in [-0.2, -0.15) is 15.3 Å². The molecule has 5 heteroatoms. The normalized spacial score (nSPS) is 15.6. The van der Waals surface area contributed by atoms with E-state index in [1.54, 1.807) is 12.1 Å². The number of rotatable bonds is 4. The predicted octanol–water partition coefficient (Wildman–Crippen LogP) is 4.82. The first-order valence-corrected chi connectivity index (χ1v) is 9.24. The average Bonchev–Trinajstić information content (AvgIpc) is 3.14. The molecule has 1 fully saturated rings. The zero-order valence-electron chi connectivity index (χ0n) is 14.8. The summed E-state index contributed by atoms with van der Waals surface area (Å²) in [6.45, 7) is 0. The number of aromatic nitrogens is 4. The highest BCUT2D eigenvalue weighted by atomic mass is 19.1. The van der Waals surface area contributed by atoms with Gasteiger partial charge in [-0.25, -0.2) is 4.39 Å². The van der Waals surface area contributed by atoms with E-state index < -0.39 is 0 Å². The summed E-state index contributed by atoms with van der Waals surface area (Å²) in [6, 6.07) is 17.1. The number of fused-ring (bicyclic) bond motifs is 1. The lowest BCUT2D eigenvalue weighted by atomic mass is 9.62. The molecule has 27 heavy (non-hydrogen) atoms. The predicted molar refractivity (Wildman–Crippen MR) is 103 cm³/mol. The van der Waals surface area contributed by atoms with Gasteiger partial charge in [-0.1, -0.05) is 24.6 Å². The second kappa shape index (κ2) is 6.27. The van der Waals surface area contributed by atoms with Gasteiger partial charge in [-0.15, -0.1) is 0 Å². The van der Waals surface area contributed by atoms with Crippen LogP contribution in [0.1, 0.15) is 30.5 Å². The van der Waals surface area contributed by atoms with Gasteiger partial charge in [-0.3, -0.25) is 5.10 Å². The zero-order valence-corrected chi connectivity index (χ0v) is 14.8. The number of nitrogens with one attached hydrogen (secondary N) is 1. The fraction of sp³-hybridized carbons (Fsp3) is 0.227. The molecule has 5 rings (SSSR count).